The van der Waals surface area contributed by atoms with Crippen LogP contribution in [0.1, 0.15) is 54.4 Å². The first kappa shape index (κ1) is 13.3. The lowest BCUT2D eigenvalue weighted by Gasteiger charge is -2.30. The maximum Gasteiger partial charge on any atom is 0.0416 e. The van der Waals surface area contributed by atoms with Crippen molar-refractivity contribution >= 4 is 11.6 Å². The quantitative estimate of drug-likeness (QED) is 0.569. The molecule has 0 aliphatic rings. The Morgan fingerprint density at radius 2 is 1.62 bits per heavy atom. The predicted molar refractivity (Wildman–Crippen MR) is 62.3 cm³/mol. The summed E-state index contributed by atoms with van der Waals surface area (Å²) in [6.45, 7) is 13.4. The molecule has 0 spiro atoms. The van der Waals surface area contributed by atoms with Gasteiger partial charge < -0.3 is 0 Å². The molecular weight excluding hydrogens is 180 g/mol. The van der Waals surface area contributed by atoms with Crippen molar-refractivity contribution < 1.29 is 0 Å². The van der Waals surface area contributed by atoms with Gasteiger partial charge in [-0.25, -0.2) is 0 Å². The molecule has 0 aromatic rings. The lowest BCUT2D eigenvalue weighted by molar-refractivity contribution is 0.271. The van der Waals surface area contributed by atoms with Crippen LogP contribution in [0.5, 0.6) is 0 Å². The first-order valence-corrected chi connectivity index (χ1v) is 5.85. The fourth-order valence-corrected chi connectivity index (χ4v) is 1.73. The molecule has 0 aromatic heterocycles. The van der Waals surface area contributed by atoms with Gasteiger partial charge in [0.2, 0.25) is 0 Å². The molecule has 80 valence electrons. The van der Waals surface area contributed by atoms with E-state index < -0.39 is 0 Å². The molecule has 0 N–H and O–H groups in total. The molecule has 0 rings (SSSR count). The maximum absolute atomic E-state index is 6.29. The third-order valence-corrected chi connectivity index (χ3v) is 3.67. The predicted octanol–water partition coefficient (Wildman–Crippen LogP) is 4.71. The first-order valence-electron chi connectivity index (χ1n) is 5.47. The summed E-state index contributed by atoms with van der Waals surface area (Å²) in [6, 6.07) is 0. The highest BCUT2D eigenvalue weighted by molar-refractivity contribution is 6.23. The molecule has 2 atom stereocenters. The second-order valence-electron chi connectivity index (χ2n) is 5.11. The van der Waals surface area contributed by atoms with Crippen LogP contribution in [0.2, 0.25) is 0 Å². The van der Waals surface area contributed by atoms with E-state index in [1.54, 1.807) is 0 Å². The lowest BCUT2D eigenvalue weighted by atomic mass is 9.81. The molecule has 0 heterocycles. The van der Waals surface area contributed by atoms with Crippen molar-refractivity contribution in [2.24, 2.45) is 17.8 Å². The molecule has 0 bridgehead atoms. The Morgan fingerprint density at radius 3 is 1.85 bits per heavy atom. The molecule has 0 aliphatic carbocycles. The zero-order valence-corrected chi connectivity index (χ0v) is 10.8. The van der Waals surface area contributed by atoms with Crippen LogP contribution in [0.25, 0.3) is 0 Å². The van der Waals surface area contributed by atoms with Crippen LogP contribution < -0.4 is 0 Å². The van der Waals surface area contributed by atoms with E-state index in [4.69, 9.17) is 11.6 Å². The van der Waals surface area contributed by atoms with Crippen LogP contribution in [0.3, 0.4) is 0 Å². The van der Waals surface area contributed by atoms with Gasteiger partial charge in [-0.15, -0.1) is 11.6 Å². The molecule has 13 heavy (non-hydrogen) atoms. The summed E-state index contributed by atoms with van der Waals surface area (Å²) in [5.41, 5.74) is 0. The summed E-state index contributed by atoms with van der Waals surface area (Å²) in [6.07, 6.45) is 2.53. The van der Waals surface area contributed by atoms with Gasteiger partial charge in [0.25, 0.3) is 0 Å². The molecule has 2 unspecified atom stereocenters. The smallest absolute Gasteiger partial charge is 0.0416 e. The van der Waals surface area contributed by atoms with E-state index in [2.05, 4.69) is 41.5 Å². The normalized spacial score (nSPS) is 17.5. The van der Waals surface area contributed by atoms with Crippen LogP contribution >= 0.6 is 11.6 Å². The summed E-state index contributed by atoms with van der Waals surface area (Å²) in [5, 5.41) is 0. The Kier molecular flexibility index (Phi) is 5.36. The van der Waals surface area contributed by atoms with Crippen LogP contribution in [0.15, 0.2) is 0 Å². The summed E-state index contributed by atoms with van der Waals surface area (Å²) in [4.78, 5) is -0.0533. The van der Waals surface area contributed by atoms with E-state index in [0.717, 1.165) is 11.8 Å². The number of halogens is 1. The molecule has 0 saturated heterocycles. The molecule has 0 nitrogen and oxygen atoms in total. The Morgan fingerprint density at radius 1 is 1.15 bits per heavy atom. The molecule has 0 saturated carbocycles. The van der Waals surface area contributed by atoms with Gasteiger partial charge in [0.1, 0.15) is 0 Å². The van der Waals surface area contributed by atoms with E-state index in [1.165, 1.54) is 12.8 Å². The third-order valence-electron chi connectivity index (χ3n) is 3.30. The number of hydrogen-bond donors (Lipinski definition) is 0. The van der Waals surface area contributed by atoms with E-state index >= 15 is 0 Å². The van der Waals surface area contributed by atoms with E-state index in [9.17, 15) is 0 Å². The first-order chi connectivity index (χ1) is 5.79. The minimum absolute atomic E-state index is 0.0533. The summed E-state index contributed by atoms with van der Waals surface area (Å²) >= 11 is 6.29. The third kappa shape index (κ3) is 4.90. The van der Waals surface area contributed by atoms with Crippen molar-refractivity contribution in [1.29, 1.82) is 0 Å². The molecule has 0 aromatic carbocycles. The highest BCUT2D eigenvalue weighted by Crippen LogP contribution is 2.32. The van der Waals surface area contributed by atoms with Gasteiger partial charge in [0.15, 0.2) is 0 Å². The van der Waals surface area contributed by atoms with Gasteiger partial charge in [0.05, 0.1) is 0 Å². The van der Waals surface area contributed by atoms with Crippen molar-refractivity contribution in [2.75, 3.05) is 0 Å². The van der Waals surface area contributed by atoms with Gasteiger partial charge in [0, 0.05) is 4.87 Å². The van der Waals surface area contributed by atoms with Gasteiger partial charge in [-0.05, 0) is 38.0 Å². The number of rotatable bonds is 5. The fraction of sp³-hybridized carbons (Fsp3) is 1.00. The van der Waals surface area contributed by atoms with E-state index in [-0.39, 0.29) is 4.87 Å². The monoisotopic (exact) mass is 204 g/mol. The van der Waals surface area contributed by atoms with Crippen molar-refractivity contribution in [3.63, 3.8) is 0 Å². The summed E-state index contributed by atoms with van der Waals surface area (Å²) in [7, 11) is 0. The van der Waals surface area contributed by atoms with Gasteiger partial charge in [-0.1, -0.05) is 34.1 Å². The van der Waals surface area contributed by atoms with Crippen LogP contribution in [-0.2, 0) is 0 Å². The van der Waals surface area contributed by atoms with Crippen molar-refractivity contribution in [3.05, 3.63) is 0 Å². The zero-order chi connectivity index (χ0) is 10.6. The van der Waals surface area contributed by atoms with Gasteiger partial charge in [-0.2, -0.15) is 0 Å². The molecule has 0 fully saturated rings. The molecule has 0 aliphatic heterocycles. The Balaban J connectivity index is 4.09. The lowest BCUT2D eigenvalue weighted by Crippen LogP contribution is -2.25. The molecule has 0 radical (unpaired) electrons. The second kappa shape index (κ2) is 5.24. The summed E-state index contributed by atoms with van der Waals surface area (Å²) < 4.78 is 0. The zero-order valence-electron chi connectivity index (χ0n) is 10.0. The maximum atomic E-state index is 6.29. The molecule has 1 heteroatoms. The van der Waals surface area contributed by atoms with Crippen molar-refractivity contribution in [2.45, 2.75) is 59.3 Å². The van der Waals surface area contributed by atoms with Gasteiger partial charge in [-0.3, -0.25) is 0 Å². The van der Waals surface area contributed by atoms with Crippen molar-refractivity contribution in [1.82, 2.24) is 0 Å². The highest BCUT2D eigenvalue weighted by atomic mass is 35.5. The van der Waals surface area contributed by atoms with Crippen LogP contribution in [-0.4, -0.2) is 4.87 Å². The minimum Gasteiger partial charge on any atom is -0.120 e. The summed E-state index contributed by atoms with van der Waals surface area (Å²) in [5.74, 6) is 2.21. The second-order valence-corrected chi connectivity index (χ2v) is 6.09. The van der Waals surface area contributed by atoms with E-state index in [1.807, 2.05) is 0 Å². The Labute approximate surface area is 89.1 Å². The topological polar surface area (TPSA) is 0 Å². The van der Waals surface area contributed by atoms with Gasteiger partial charge >= 0.3 is 0 Å². The van der Waals surface area contributed by atoms with Crippen LogP contribution in [0.4, 0.5) is 0 Å². The average molecular weight is 205 g/mol. The number of hydrogen-bond acceptors (Lipinski definition) is 0. The molecular formula is C12H25Cl. The van der Waals surface area contributed by atoms with Crippen LogP contribution in [0, 0.1) is 17.8 Å². The molecule has 0 amide bonds. The SMILES string of the molecule is CCC(CC(C)C(C)(C)Cl)C(C)C. The number of alkyl halides is 1. The van der Waals surface area contributed by atoms with E-state index in [0.29, 0.717) is 5.92 Å². The fourth-order valence-electron chi connectivity index (χ4n) is 1.64. The Bertz CT molecular complexity index is 133. The highest BCUT2D eigenvalue weighted by Gasteiger charge is 2.26. The average Bonchev–Trinajstić information content (AvgIpc) is 1.96. The Hall–Kier alpha value is 0.290. The minimum atomic E-state index is -0.0533. The standard InChI is InChI=1S/C12H25Cl/c1-7-11(9(2)3)8-10(4)12(5,6)13/h9-11H,7-8H2,1-6H3. The van der Waals surface area contributed by atoms with Crippen molar-refractivity contribution in [3.8, 4) is 0 Å². The largest absolute Gasteiger partial charge is 0.120 e.